The Bertz CT molecular complexity index is 973. The molecular formula is C24H24Cl2N2O2. The normalized spacial score (nSPS) is 13.9. The number of hydrogen-bond donors (Lipinski definition) is 1. The van der Waals surface area contributed by atoms with E-state index in [2.05, 4.69) is 28.4 Å². The Labute approximate surface area is 187 Å². The molecule has 4 nitrogen and oxygen atoms in total. The fourth-order valence-corrected chi connectivity index (χ4v) is 3.80. The molecule has 1 saturated heterocycles. The van der Waals surface area contributed by atoms with Crippen LogP contribution < -0.4 is 15.0 Å². The molecule has 0 radical (unpaired) electrons. The number of hydrogen-bond acceptors (Lipinski definition) is 4. The molecule has 3 aromatic carbocycles. The van der Waals surface area contributed by atoms with Crippen molar-refractivity contribution in [3.05, 3.63) is 87.9 Å². The van der Waals surface area contributed by atoms with E-state index in [1.165, 1.54) is 0 Å². The Morgan fingerprint density at radius 1 is 0.900 bits per heavy atom. The van der Waals surface area contributed by atoms with Crippen molar-refractivity contribution in [1.82, 2.24) is 0 Å². The summed E-state index contributed by atoms with van der Waals surface area (Å²) < 4.78 is 11.3. The zero-order valence-electron chi connectivity index (χ0n) is 16.6. The van der Waals surface area contributed by atoms with Crippen molar-refractivity contribution in [1.29, 1.82) is 0 Å². The summed E-state index contributed by atoms with van der Waals surface area (Å²) in [6.07, 6.45) is 0. The standard InChI is InChI=1S/C24H24Cl2N2O2/c25-20-6-4-18(5-7-20)17-30-22-3-1-2-19(14-22)16-27-21-8-9-24(23(26)15-21)28-10-12-29-13-11-28/h1-9,14-15,27H,10-13,16-17H2. The first kappa shape index (κ1) is 20.9. The minimum atomic E-state index is 0.507. The minimum absolute atomic E-state index is 0.507. The van der Waals surface area contributed by atoms with Gasteiger partial charge in [0.2, 0.25) is 0 Å². The van der Waals surface area contributed by atoms with Gasteiger partial charge in [0.1, 0.15) is 12.4 Å². The average Bonchev–Trinajstić information content (AvgIpc) is 2.78. The molecule has 0 amide bonds. The molecule has 1 aliphatic rings. The molecule has 0 bridgehead atoms. The monoisotopic (exact) mass is 442 g/mol. The van der Waals surface area contributed by atoms with Crippen LogP contribution in [0.5, 0.6) is 5.75 Å². The van der Waals surface area contributed by atoms with Crippen LogP contribution in [0.25, 0.3) is 0 Å². The molecule has 156 valence electrons. The highest BCUT2D eigenvalue weighted by Crippen LogP contribution is 2.29. The lowest BCUT2D eigenvalue weighted by Crippen LogP contribution is -2.36. The summed E-state index contributed by atoms with van der Waals surface area (Å²) >= 11 is 12.5. The number of nitrogens with one attached hydrogen (secondary N) is 1. The van der Waals surface area contributed by atoms with Crippen molar-refractivity contribution in [3.8, 4) is 5.75 Å². The molecule has 30 heavy (non-hydrogen) atoms. The molecular weight excluding hydrogens is 419 g/mol. The molecule has 4 rings (SSSR count). The van der Waals surface area contributed by atoms with Gasteiger partial charge in [-0.25, -0.2) is 0 Å². The predicted molar refractivity (Wildman–Crippen MR) is 124 cm³/mol. The second kappa shape index (κ2) is 10.1. The van der Waals surface area contributed by atoms with E-state index in [4.69, 9.17) is 32.7 Å². The summed E-state index contributed by atoms with van der Waals surface area (Å²) in [6, 6.07) is 21.9. The molecule has 0 saturated carbocycles. The largest absolute Gasteiger partial charge is 0.489 e. The van der Waals surface area contributed by atoms with Gasteiger partial charge >= 0.3 is 0 Å². The summed E-state index contributed by atoms with van der Waals surface area (Å²) in [5.74, 6) is 0.838. The zero-order chi connectivity index (χ0) is 20.8. The van der Waals surface area contributed by atoms with Crippen LogP contribution in [0.4, 0.5) is 11.4 Å². The van der Waals surface area contributed by atoms with Crippen molar-refractivity contribution in [2.75, 3.05) is 36.5 Å². The molecule has 1 fully saturated rings. The first-order valence-corrected chi connectivity index (χ1v) is 10.8. The Hall–Kier alpha value is -2.40. The first-order valence-electron chi connectivity index (χ1n) is 10.00. The van der Waals surface area contributed by atoms with E-state index >= 15 is 0 Å². The Kier molecular flexibility index (Phi) is 7.00. The molecule has 3 aromatic rings. The van der Waals surface area contributed by atoms with Gasteiger partial charge in [-0.2, -0.15) is 0 Å². The van der Waals surface area contributed by atoms with Crippen LogP contribution in [0.15, 0.2) is 66.7 Å². The van der Waals surface area contributed by atoms with Gasteiger partial charge in [0.05, 0.1) is 23.9 Å². The number of anilines is 2. The minimum Gasteiger partial charge on any atom is -0.489 e. The maximum Gasteiger partial charge on any atom is 0.120 e. The van der Waals surface area contributed by atoms with E-state index in [-0.39, 0.29) is 0 Å². The van der Waals surface area contributed by atoms with E-state index in [1.807, 2.05) is 48.5 Å². The number of rotatable bonds is 7. The van der Waals surface area contributed by atoms with E-state index in [1.54, 1.807) is 0 Å². The van der Waals surface area contributed by atoms with Gasteiger partial charge in [0, 0.05) is 30.3 Å². The number of morpholine rings is 1. The lowest BCUT2D eigenvalue weighted by molar-refractivity contribution is 0.122. The van der Waals surface area contributed by atoms with Crippen LogP contribution in [0.1, 0.15) is 11.1 Å². The van der Waals surface area contributed by atoms with Gasteiger partial charge in [-0.1, -0.05) is 47.5 Å². The second-order valence-electron chi connectivity index (χ2n) is 7.18. The summed E-state index contributed by atoms with van der Waals surface area (Å²) in [7, 11) is 0. The van der Waals surface area contributed by atoms with Gasteiger partial charge in [0.15, 0.2) is 0 Å². The second-order valence-corrected chi connectivity index (χ2v) is 8.03. The van der Waals surface area contributed by atoms with E-state index < -0.39 is 0 Å². The quantitative estimate of drug-likeness (QED) is 0.484. The van der Waals surface area contributed by atoms with Crippen molar-refractivity contribution in [2.45, 2.75) is 13.2 Å². The Morgan fingerprint density at radius 3 is 2.47 bits per heavy atom. The molecule has 0 atom stereocenters. The predicted octanol–water partition coefficient (Wildman–Crippen LogP) is 6.02. The van der Waals surface area contributed by atoms with Gasteiger partial charge in [-0.05, 0) is 53.6 Å². The first-order chi connectivity index (χ1) is 14.7. The van der Waals surface area contributed by atoms with E-state index in [9.17, 15) is 0 Å². The smallest absolute Gasteiger partial charge is 0.120 e. The van der Waals surface area contributed by atoms with Crippen LogP contribution in [0.2, 0.25) is 10.0 Å². The lowest BCUT2D eigenvalue weighted by atomic mass is 10.2. The molecule has 1 aliphatic heterocycles. The van der Waals surface area contributed by atoms with Crippen molar-refractivity contribution in [2.24, 2.45) is 0 Å². The van der Waals surface area contributed by atoms with Crippen LogP contribution >= 0.6 is 23.2 Å². The fraction of sp³-hybridized carbons (Fsp3) is 0.250. The molecule has 0 aromatic heterocycles. The van der Waals surface area contributed by atoms with Gasteiger partial charge < -0.3 is 19.7 Å². The number of halogens is 2. The number of nitrogens with zero attached hydrogens (tertiary/aromatic N) is 1. The summed E-state index contributed by atoms with van der Waals surface area (Å²) in [6.45, 7) is 4.42. The SMILES string of the molecule is Clc1ccc(COc2cccc(CNc3ccc(N4CCOCC4)c(Cl)c3)c2)cc1. The topological polar surface area (TPSA) is 33.7 Å². The third-order valence-corrected chi connectivity index (χ3v) is 5.57. The highest BCUT2D eigenvalue weighted by Gasteiger charge is 2.14. The third kappa shape index (κ3) is 5.60. The van der Waals surface area contributed by atoms with Crippen molar-refractivity contribution in [3.63, 3.8) is 0 Å². The van der Waals surface area contributed by atoms with Gasteiger partial charge in [-0.3, -0.25) is 0 Å². The van der Waals surface area contributed by atoms with Crippen LogP contribution in [0.3, 0.4) is 0 Å². The molecule has 0 spiro atoms. The van der Waals surface area contributed by atoms with Crippen molar-refractivity contribution < 1.29 is 9.47 Å². The molecule has 0 unspecified atom stereocenters. The summed E-state index contributed by atoms with van der Waals surface area (Å²) in [5, 5.41) is 4.92. The van der Waals surface area contributed by atoms with Crippen LogP contribution in [-0.2, 0) is 17.9 Å². The van der Waals surface area contributed by atoms with Gasteiger partial charge in [-0.15, -0.1) is 0 Å². The van der Waals surface area contributed by atoms with Gasteiger partial charge in [0.25, 0.3) is 0 Å². The molecule has 6 heteroatoms. The highest BCUT2D eigenvalue weighted by atomic mass is 35.5. The highest BCUT2D eigenvalue weighted by molar-refractivity contribution is 6.33. The lowest BCUT2D eigenvalue weighted by Gasteiger charge is -2.29. The Balaban J connectivity index is 1.34. The number of benzene rings is 3. The third-order valence-electron chi connectivity index (χ3n) is 5.01. The molecule has 0 aliphatic carbocycles. The number of ether oxygens (including phenoxy) is 2. The maximum absolute atomic E-state index is 6.53. The molecule has 1 heterocycles. The van der Waals surface area contributed by atoms with Crippen molar-refractivity contribution >= 4 is 34.6 Å². The zero-order valence-corrected chi connectivity index (χ0v) is 18.1. The average molecular weight is 443 g/mol. The van der Waals surface area contributed by atoms with E-state index in [0.29, 0.717) is 13.2 Å². The fourth-order valence-electron chi connectivity index (χ4n) is 3.37. The van der Waals surface area contributed by atoms with Crippen LogP contribution in [0, 0.1) is 0 Å². The summed E-state index contributed by atoms with van der Waals surface area (Å²) in [4.78, 5) is 2.26. The molecule has 1 N–H and O–H groups in total. The Morgan fingerprint density at radius 2 is 1.70 bits per heavy atom. The van der Waals surface area contributed by atoms with Crippen LogP contribution in [-0.4, -0.2) is 26.3 Å². The van der Waals surface area contributed by atoms with E-state index in [0.717, 1.165) is 64.6 Å². The maximum atomic E-state index is 6.53. The summed E-state index contributed by atoms with van der Waals surface area (Å²) in [5.41, 5.74) is 4.27.